The van der Waals surface area contributed by atoms with Crippen molar-refractivity contribution in [2.24, 2.45) is 0 Å². The Morgan fingerprint density at radius 1 is 1.36 bits per heavy atom. The fraction of sp³-hybridized carbons (Fsp3) is 0.308. The van der Waals surface area contributed by atoms with Crippen molar-refractivity contribution in [2.45, 2.75) is 12.3 Å². The van der Waals surface area contributed by atoms with Crippen molar-refractivity contribution in [2.75, 3.05) is 13.1 Å². The fourth-order valence-electron chi connectivity index (χ4n) is 2.43. The first-order valence-corrected chi connectivity index (χ1v) is 8.31. The van der Waals surface area contributed by atoms with Crippen LogP contribution in [-0.2, 0) is 0 Å². The summed E-state index contributed by atoms with van der Waals surface area (Å²) in [5.74, 6) is 1.53. The van der Waals surface area contributed by atoms with E-state index in [-0.39, 0.29) is 12.4 Å². The molecule has 4 rings (SSSR count). The van der Waals surface area contributed by atoms with Gasteiger partial charge >= 0.3 is 0 Å². The first-order valence-electron chi connectivity index (χ1n) is 6.64. The lowest BCUT2D eigenvalue weighted by Gasteiger charge is -2.02. The second-order valence-electron chi connectivity index (χ2n) is 4.95. The number of aromatic amines is 1. The summed E-state index contributed by atoms with van der Waals surface area (Å²) < 4.78 is 6.34. The molecule has 1 aliphatic heterocycles. The summed E-state index contributed by atoms with van der Waals surface area (Å²) in [7, 11) is 0. The minimum atomic E-state index is 0. The third kappa shape index (κ3) is 2.96. The SMILES string of the molecule is Brc1csc(-c2noc(-c3cc(C4CCNC4)[nH]n3)n2)c1.Cl. The highest BCUT2D eigenvalue weighted by atomic mass is 79.9. The Kier molecular flexibility index (Phi) is 4.62. The Bertz CT molecular complexity index is 764. The molecule has 0 amide bonds. The summed E-state index contributed by atoms with van der Waals surface area (Å²) in [5, 5.41) is 16.7. The number of nitrogens with zero attached hydrogens (tertiary/aromatic N) is 3. The van der Waals surface area contributed by atoms with Gasteiger partial charge in [-0.3, -0.25) is 5.10 Å². The molecule has 1 atom stereocenters. The van der Waals surface area contributed by atoms with Crippen LogP contribution in [-0.4, -0.2) is 33.4 Å². The number of H-pyrrole nitrogens is 1. The van der Waals surface area contributed by atoms with Crippen molar-refractivity contribution >= 4 is 39.7 Å². The molecule has 1 aliphatic rings. The van der Waals surface area contributed by atoms with Crippen molar-refractivity contribution in [3.8, 4) is 22.3 Å². The van der Waals surface area contributed by atoms with E-state index in [1.54, 1.807) is 11.3 Å². The zero-order valence-electron chi connectivity index (χ0n) is 11.4. The highest BCUT2D eigenvalue weighted by Crippen LogP contribution is 2.30. The van der Waals surface area contributed by atoms with Crippen molar-refractivity contribution < 1.29 is 4.52 Å². The van der Waals surface area contributed by atoms with Gasteiger partial charge in [-0.1, -0.05) is 5.16 Å². The van der Waals surface area contributed by atoms with E-state index in [1.807, 2.05) is 17.5 Å². The Hall–Kier alpha value is -1.22. The zero-order chi connectivity index (χ0) is 14.2. The van der Waals surface area contributed by atoms with Gasteiger partial charge in [0.1, 0.15) is 0 Å². The van der Waals surface area contributed by atoms with Gasteiger partial charge in [-0.25, -0.2) is 0 Å². The van der Waals surface area contributed by atoms with Gasteiger partial charge in [0.05, 0.1) is 4.88 Å². The predicted molar refractivity (Wildman–Crippen MR) is 90.4 cm³/mol. The molecule has 3 aromatic heterocycles. The summed E-state index contributed by atoms with van der Waals surface area (Å²) >= 11 is 4.99. The first kappa shape index (κ1) is 15.7. The lowest BCUT2D eigenvalue weighted by atomic mass is 10.1. The lowest BCUT2D eigenvalue weighted by molar-refractivity contribution is 0.431. The maximum atomic E-state index is 5.32. The third-order valence-corrected chi connectivity index (χ3v) is 5.22. The van der Waals surface area contributed by atoms with Gasteiger partial charge in [-0.15, -0.1) is 23.7 Å². The van der Waals surface area contributed by atoms with Crippen LogP contribution in [0, 0.1) is 0 Å². The molecule has 4 heterocycles. The molecule has 0 aliphatic carbocycles. The Morgan fingerprint density at radius 3 is 3.00 bits per heavy atom. The van der Waals surface area contributed by atoms with Crippen LogP contribution in [0.1, 0.15) is 18.0 Å². The molecule has 0 spiro atoms. The predicted octanol–water partition coefficient (Wildman–Crippen LogP) is 3.45. The number of nitrogens with one attached hydrogen (secondary N) is 2. The fourth-order valence-corrected chi connectivity index (χ4v) is 3.79. The zero-order valence-corrected chi connectivity index (χ0v) is 14.6. The summed E-state index contributed by atoms with van der Waals surface area (Å²) in [6, 6.07) is 3.97. The van der Waals surface area contributed by atoms with E-state index >= 15 is 0 Å². The van der Waals surface area contributed by atoms with E-state index in [2.05, 4.69) is 41.6 Å². The van der Waals surface area contributed by atoms with Gasteiger partial charge in [0.2, 0.25) is 5.82 Å². The molecular formula is C13H13BrClN5OS. The molecule has 9 heteroatoms. The van der Waals surface area contributed by atoms with Gasteiger partial charge in [0.25, 0.3) is 5.89 Å². The second kappa shape index (κ2) is 6.49. The number of rotatable bonds is 3. The third-order valence-electron chi connectivity index (χ3n) is 3.53. The number of halogens is 2. The van der Waals surface area contributed by atoms with E-state index in [0.29, 0.717) is 23.3 Å². The molecule has 1 fully saturated rings. The average molecular weight is 403 g/mol. The molecule has 1 saturated heterocycles. The van der Waals surface area contributed by atoms with Gasteiger partial charge in [-0.2, -0.15) is 10.1 Å². The molecule has 6 nitrogen and oxygen atoms in total. The largest absolute Gasteiger partial charge is 0.332 e. The molecule has 2 N–H and O–H groups in total. The van der Waals surface area contributed by atoms with Crippen LogP contribution in [0.4, 0.5) is 0 Å². The van der Waals surface area contributed by atoms with Crippen LogP contribution in [0.2, 0.25) is 0 Å². The molecule has 22 heavy (non-hydrogen) atoms. The molecule has 0 aromatic carbocycles. The second-order valence-corrected chi connectivity index (χ2v) is 6.78. The minimum absolute atomic E-state index is 0. The number of aromatic nitrogens is 4. The molecule has 0 radical (unpaired) electrons. The summed E-state index contributed by atoms with van der Waals surface area (Å²) in [6.07, 6.45) is 1.12. The van der Waals surface area contributed by atoms with Crippen LogP contribution in [0.15, 0.2) is 26.5 Å². The lowest BCUT2D eigenvalue weighted by Crippen LogP contribution is -2.08. The Labute approximate surface area is 145 Å². The van der Waals surface area contributed by atoms with Crippen molar-refractivity contribution in [3.63, 3.8) is 0 Å². The maximum Gasteiger partial charge on any atom is 0.278 e. The van der Waals surface area contributed by atoms with Gasteiger partial charge in [0.15, 0.2) is 5.69 Å². The van der Waals surface area contributed by atoms with Gasteiger partial charge < -0.3 is 9.84 Å². The maximum absolute atomic E-state index is 5.32. The quantitative estimate of drug-likeness (QED) is 0.701. The van der Waals surface area contributed by atoms with Crippen LogP contribution < -0.4 is 5.32 Å². The smallest absolute Gasteiger partial charge is 0.278 e. The highest BCUT2D eigenvalue weighted by Gasteiger charge is 2.21. The van der Waals surface area contributed by atoms with Crippen LogP contribution in [0.3, 0.4) is 0 Å². The van der Waals surface area contributed by atoms with E-state index in [0.717, 1.165) is 34.6 Å². The van der Waals surface area contributed by atoms with Crippen molar-refractivity contribution in [3.05, 3.63) is 27.7 Å². The number of thiophene rings is 1. The van der Waals surface area contributed by atoms with E-state index < -0.39 is 0 Å². The number of hydrogen-bond acceptors (Lipinski definition) is 6. The van der Waals surface area contributed by atoms with Gasteiger partial charge in [-0.05, 0) is 41.0 Å². The molecule has 0 saturated carbocycles. The molecule has 0 bridgehead atoms. The average Bonchev–Trinajstić information content (AvgIpc) is 3.25. The summed E-state index contributed by atoms with van der Waals surface area (Å²) in [5.41, 5.74) is 1.82. The molecule has 116 valence electrons. The standard InChI is InChI=1S/C13H12BrN5OS.ClH/c14-8-3-11(21-6-8)12-16-13(20-19-12)10-4-9(17-18-10)7-1-2-15-5-7;/h3-4,6-7,15H,1-2,5H2,(H,17,18);1H. The van der Waals surface area contributed by atoms with Crippen molar-refractivity contribution in [1.82, 2.24) is 25.7 Å². The minimum Gasteiger partial charge on any atom is -0.332 e. The molecular weight excluding hydrogens is 390 g/mol. The van der Waals surface area contributed by atoms with Crippen LogP contribution >= 0.6 is 39.7 Å². The van der Waals surface area contributed by atoms with Crippen molar-refractivity contribution in [1.29, 1.82) is 0 Å². The summed E-state index contributed by atoms with van der Waals surface area (Å²) in [4.78, 5) is 5.38. The molecule has 3 aromatic rings. The number of hydrogen-bond donors (Lipinski definition) is 2. The monoisotopic (exact) mass is 401 g/mol. The topological polar surface area (TPSA) is 79.6 Å². The van der Waals surface area contributed by atoms with Crippen LogP contribution in [0.25, 0.3) is 22.3 Å². The normalized spacial score (nSPS) is 17.6. The van der Waals surface area contributed by atoms with Crippen LogP contribution in [0.5, 0.6) is 0 Å². The Morgan fingerprint density at radius 2 is 2.27 bits per heavy atom. The van der Waals surface area contributed by atoms with E-state index in [1.165, 1.54) is 0 Å². The first-order chi connectivity index (χ1) is 10.3. The molecule has 1 unspecified atom stereocenters. The highest BCUT2D eigenvalue weighted by molar-refractivity contribution is 9.10. The summed E-state index contributed by atoms with van der Waals surface area (Å²) in [6.45, 7) is 2.04. The van der Waals surface area contributed by atoms with E-state index in [4.69, 9.17) is 4.52 Å². The Balaban J connectivity index is 0.00000144. The van der Waals surface area contributed by atoms with Gasteiger partial charge in [0, 0.05) is 28.0 Å². The van der Waals surface area contributed by atoms with E-state index in [9.17, 15) is 0 Å².